The maximum atomic E-state index is 12.1. The van der Waals surface area contributed by atoms with Crippen molar-refractivity contribution in [3.63, 3.8) is 0 Å². The molecule has 1 heterocycles. The van der Waals surface area contributed by atoms with E-state index in [9.17, 15) is 4.79 Å². The first-order valence-corrected chi connectivity index (χ1v) is 7.12. The van der Waals surface area contributed by atoms with Crippen LogP contribution >= 0.6 is 0 Å². The van der Waals surface area contributed by atoms with Crippen molar-refractivity contribution in [3.8, 4) is 0 Å². The highest BCUT2D eigenvalue weighted by Crippen LogP contribution is 2.17. The zero-order valence-electron chi connectivity index (χ0n) is 11.5. The van der Waals surface area contributed by atoms with Gasteiger partial charge in [0, 0.05) is 37.9 Å². The molecular formula is C14H25N3O. The standard InChI is InChI=1S/C14H25N3O/c1-12(2)16-8-10-17(11-9-16)14(18)15-13-6-4-3-5-7-13/h13H,1,3-11H2,2H3,(H,15,18). The molecule has 2 amide bonds. The highest BCUT2D eigenvalue weighted by atomic mass is 16.2. The minimum atomic E-state index is 0.128. The van der Waals surface area contributed by atoms with Crippen molar-refractivity contribution >= 4 is 6.03 Å². The van der Waals surface area contributed by atoms with E-state index in [1.807, 2.05) is 11.8 Å². The van der Waals surface area contributed by atoms with Crippen LogP contribution < -0.4 is 5.32 Å². The van der Waals surface area contributed by atoms with Crippen molar-refractivity contribution in [2.75, 3.05) is 26.2 Å². The molecule has 2 fully saturated rings. The van der Waals surface area contributed by atoms with E-state index in [-0.39, 0.29) is 6.03 Å². The van der Waals surface area contributed by atoms with Crippen LogP contribution in [0, 0.1) is 0 Å². The van der Waals surface area contributed by atoms with E-state index in [0.717, 1.165) is 44.7 Å². The van der Waals surface area contributed by atoms with Crippen LogP contribution in [-0.4, -0.2) is 48.1 Å². The van der Waals surface area contributed by atoms with E-state index in [1.165, 1.54) is 19.3 Å². The molecule has 0 bridgehead atoms. The molecule has 0 atom stereocenters. The number of carbonyl (C=O) groups excluding carboxylic acids is 1. The van der Waals surface area contributed by atoms with Gasteiger partial charge in [-0.1, -0.05) is 25.8 Å². The van der Waals surface area contributed by atoms with E-state index < -0.39 is 0 Å². The third kappa shape index (κ3) is 3.40. The number of piperazine rings is 1. The summed E-state index contributed by atoms with van der Waals surface area (Å²) in [4.78, 5) is 16.3. The van der Waals surface area contributed by atoms with Crippen molar-refractivity contribution in [1.29, 1.82) is 0 Å². The number of rotatable bonds is 2. The molecule has 1 N–H and O–H groups in total. The molecular weight excluding hydrogens is 226 g/mol. The van der Waals surface area contributed by atoms with E-state index in [4.69, 9.17) is 0 Å². The monoisotopic (exact) mass is 251 g/mol. The molecule has 1 aliphatic heterocycles. The zero-order chi connectivity index (χ0) is 13.0. The summed E-state index contributed by atoms with van der Waals surface area (Å²) in [6.45, 7) is 9.42. The number of carbonyl (C=O) groups is 1. The molecule has 0 spiro atoms. The van der Waals surface area contributed by atoms with Gasteiger partial charge in [0.25, 0.3) is 0 Å². The number of allylic oxidation sites excluding steroid dienone is 1. The van der Waals surface area contributed by atoms with Crippen LogP contribution in [0.4, 0.5) is 4.79 Å². The molecule has 4 heteroatoms. The molecule has 1 saturated heterocycles. The molecule has 2 rings (SSSR count). The molecule has 0 aromatic carbocycles. The van der Waals surface area contributed by atoms with Crippen molar-refractivity contribution in [2.45, 2.75) is 45.1 Å². The third-order valence-corrected chi connectivity index (χ3v) is 4.04. The fourth-order valence-corrected chi connectivity index (χ4v) is 2.80. The lowest BCUT2D eigenvalue weighted by Gasteiger charge is -2.37. The predicted octanol–water partition coefficient (Wildman–Crippen LogP) is 2.18. The number of nitrogens with one attached hydrogen (secondary N) is 1. The third-order valence-electron chi connectivity index (χ3n) is 4.04. The highest BCUT2D eigenvalue weighted by Gasteiger charge is 2.23. The predicted molar refractivity (Wildman–Crippen MR) is 73.4 cm³/mol. The Kier molecular flexibility index (Phi) is 4.50. The normalized spacial score (nSPS) is 21.8. The smallest absolute Gasteiger partial charge is 0.317 e. The van der Waals surface area contributed by atoms with Crippen LogP contribution in [0.1, 0.15) is 39.0 Å². The fraction of sp³-hybridized carbons (Fsp3) is 0.786. The van der Waals surface area contributed by atoms with Crippen LogP contribution in [0.25, 0.3) is 0 Å². The Balaban J connectivity index is 1.75. The highest BCUT2D eigenvalue weighted by molar-refractivity contribution is 5.74. The summed E-state index contributed by atoms with van der Waals surface area (Å²) in [5, 5.41) is 3.18. The lowest BCUT2D eigenvalue weighted by Crippen LogP contribution is -2.53. The topological polar surface area (TPSA) is 35.6 Å². The Bertz CT molecular complexity index is 302. The van der Waals surface area contributed by atoms with Gasteiger partial charge in [0.05, 0.1) is 0 Å². The fourth-order valence-electron chi connectivity index (χ4n) is 2.80. The first kappa shape index (κ1) is 13.2. The second-order valence-corrected chi connectivity index (χ2v) is 5.49. The average Bonchev–Trinajstić information content (AvgIpc) is 2.40. The van der Waals surface area contributed by atoms with E-state index in [0.29, 0.717) is 6.04 Å². The summed E-state index contributed by atoms with van der Waals surface area (Å²) in [6, 6.07) is 0.536. The molecule has 18 heavy (non-hydrogen) atoms. The van der Waals surface area contributed by atoms with Crippen LogP contribution in [-0.2, 0) is 0 Å². The Labute approximate surface area is 110 Å². The van der Waals surface area contributed by atoms with Crippen LogP contribution in [0.2, 0.25) is 0 Å². The summed E-state index contributed by atoms with van der Waals surface area (Å²) in [6.07, 6.45) is 6.14. The maximum absolute atomic E-state index is 12.1. The van der Waals surface area contributed by atoms with Gasteiger partial charge in [0.2, 0.25) is 0 Å². The van der Waals surface area contributed by atoms with E-state index >= 15 is 0 Å². The van der Waals surface area contributed by atoms with Gasteiger partial charge in [-0.05, 0) is 19.8 Å². The first-order chi connectivity index (χ1) is 8.66. The van der Waals surface area contributed by atoms with Crippen molar-refractivity contribution in [3.05, 3.63) is 12.3 Å². The first-order valence-electron chi connectivity index (χ1n) is 7.12. The van der Waals surface area contributed by atoms with Crippen molar-refractivity contribution < 1.29 is 4.79 Å². The van der Waals surface area contributed by atoms with Crippen molar-refractivity contribution in [2.24, 2.45) is 0 Å². The number of nitrogens with zero attached hydrogens (tertiary/aromatic N) is 2. The lowest BCUT2D eigenvalue weighted by molar-refractivity contribution is 0.152. The minimum Gasteiger partial charge on any atom is -0.372 e. The van der Waals surface area contributed by atoms with Crippen LogP contribution in [0.15, 0.2) is 12.3 Å². The van der Waals surface area contributed by atoms with Gasteiger partial charge in [-0.2, -0.15) is 0 Å². The van der Waals surface area contributed by atoms with Gasteiger partial charge in [-0.3, -0.25) is 0 Å². The van der Waals surface area contributed by atoms with Gasteiger partial charge in [0.1, 0.15) is 0 Å². The molecule has 0 unspecified atom stereocenters. The van der Waals surface area contributed by atoms with E-state index in [2.05, 4.69) is 16.8 Å². The van der Waals surface area contributed by atoms with Gasteiger partial charge in [0.15, 0.2) is 0 Å². The summed E-state index contributed by atoms with van der Waals surface area (Å²) >= 11 is 0. The molecule has 2 aliphatic rings. The Morgan fingerprint density at radius 3 is 2.17 bits per heavy atom. The Hall–Kier alpha value is -1.19. The zero-order valence-corrected chi connectivity index (χ0v) is 11.5. The van der Waals surface area contributed by atoms with Gasteiger partial charge in [-0.25, -0.2) is 4.79 Å². The molecule has 102 valence electrons. The SMILES string of the molecule is C=C(C)N1CCN(C(=O)NC2CCCCC2)CC1. The molecule has 0 aromatic rings. The molecule has 0 radical (unpaired) electrons. The Morgan fingerprint density at radius 1 is 1.06 bits per heavy atom. The van der Waals surface area contributed by atoms with Crippen LogP contribution in [0.5, 0.6) is 0 Å². The summed E-state index contributed by atoms with van der Waals surface area (Å²) < 4.78 is 0. The van der Waals surface area contributed by atoms with Crippen LogP contribution in [0.3, 0.4) is 0 Å². The van der Waals surface area contributed by atoms with Crippen molar-refractivity contribution in [1.82, 2.24) is 15.1 Å². The van der Waals surface area contributed by atoms with Gasteiger partial charge in [-0.15, -0.1) is 0 Å². The summed E-state index contributed by atoms with van der Waals surface area (Å²) in [5.41, 5.74) is 1.10. The number of hydrogen-bond acceptors (Lipinski definition) is 2. The second-order valence-electron chi connectivity index (χ2n) is 5.49. The molecule has 1 aliphatic carbocycles. The largest absolute Gasteiger partial charge is 0.372 e. The minimum absolute atomic E-state index is 0.128. The number of urea groups is 1. The van der Waals surface area contributed by atoms with Gasteiger partial charge >= 0.3 is 6.03 Å². The summed E-state index contributed by atoms with van der Waals surface area (Å²) in [5.74, 6) is 0. The second kappa shape index (κ2) is 6.12. The molecule has 4 nitrogen and oxygen atoms in total. The van der Waals surface area contributed by atoms with E-state index in [1.54, 1.807) is 0 Å². The number of amides is 2. The van der Waals surface area contributed by atoms with Gasteiger partial charge < -0.3 is 15.1 Å². The maximum Gasteiger partial charge on any atom is 0.317 e. The quantitative estimate of drug-likeness (QED) is 0.816. The summed E-state index contributed by atoms with van der Waals surface area (Å²) in [7, 11) is 0. The molecule has 1 saturated carbocycles. The lowest BCUT2D eigenvalue weighted by atomic mass is 9.96. The Morgan fingerprint density at radius 2 is 1.61 bits per heavy atom. The molecule has 0 aromatic heterocycles. The number of hydrogen-bond donors (Lipinski definition) is 1. The average molecular weight is 251 g/mol.